The van der Waals surface area contributed by atoms with Gasteiger partial charge in [0.25, 0.3) is 0 Å². The molecule has 2 radical (unpaired) electrons. The highest BCUT2D eigenvalue weighted by molar-refractivity contribution is 5.21. The topological polar surface area (TPSA) is 0 Å². The summed E-state index contributed by atoms with van der Waals surface area (Å²) in [4.78, 5) is 0. The number of rotatable bonds is 0. The summed E-state index contributed by atoms with van der Waals surface area (Å²) in [5, 5.41) is 0. The lowest BCUT2D eigenvalue weighted by molar-refractivity contribution is 0.466. The van der Waals surface area contributed by atoms with Gasteiger partial charge in [-0.05, 0) is 24.7 Å². The molecule has 0 aliphatic heterocycles. The normalized spacial score (nSPS) is 49.3. The minimum atomic E-state index is 0.759. The predicted molar refractivity (Wildman–Crippen MR) is 24.0 cm³/mol. The van der Waals surface area contributed by atoms with Gasteiger partial charge in [-0.25, -0.2) is 0 Å². The SMILES string of the molecule is [C]1C2C=CC1C2. The third-order valence-electron chi connectivity index (χ3n) is 1.51. The Bertz CT molecular complexity index is 76.2. The molecule has 1 saturated carbocycles. The van der Waals surface area contributed by atoms with E-state index in [9.17, 15) is 0 Å². The monoisotopic (exact) mass is 78.0 g/mol. The van der Waals surface area contributed by atoms with Crippen molar-refractivity contribution >= 4 is 0 Å². The van der Waals surface area contributed by atoms with E-state index >= 15 is 0 Å². The zero-order valence-electron chi connectivity index (χ0n) is 3.52. The van der Waals surface area contributed by atoms with Crippen LogP contribution < -0.4 is 0 Å². The molecule has 0 spiro atoms. The van der Waals surface area contributed by atoms with Crippen LogP contribution in [0.25, 0.3) is 0 Å². The van der Waals surface area contributed by atoms with Crippen molar-refractivity contribution in [1.82, 2.24) is 0 Å². The summed E-state index contributed by atoms with van der Waals surface area (Å²) >= 11 is 0. The summed E-state index contributed by atoms with van der Waals surface area (Å²) in [6, 6.07) is 0. The number of allylic oxidation sites excluding steroid dienone is 2. The Morgan fingerprint density at radius 3 is 2.00 bits per heavy atom. The minimum absolute atomic E-state index is 0.759. The van der Waals surface area contributed by atoms with E-state index in [4.69, 9.17) is 0 Å². The summed E-state index contributed by atoms with van der Waals surface area (Å²) in [7, 11) is 0. The second-order valence-electron chi connectivity index (χ2n) is 2.00. The van der Waals surface area contributed by atoms with E-state index in [-0.39, 0.29) is 0 Å². The molecule has 2 bridgehead atoms. The molecule has 0 aromatic carbocycles. The van der Waals surface area contributed by atoms with Gasteiger partial charge in [-0.2, -0.15) is 0 Å². The maximum Gasteiger partial charge on any atom is -0.00241 e. The largest absolute Gasteiger partial charge is 0.0845 e. The van der Waals surface area contributed by atoms with Crippen LogP contribution in [-0.2, 0) is 0 Å². The quantitative estimate of drug-likeness (QED) is 0.383. The lowest BCUT2D eigenvalue weighted by atomic mass is 9.83. The summed E-state index contributed by atoms with van der Waals surface area (Å²) in [5.74, 6) is 1.52. The molecule has 2 atom stereocenters. The van der Waals surface area contributed by atoms with Gasteiger partial charge in [-0.15, -0.1) is 0 Å². The summed E-state index contributed by atoms with van der Waals surface area (Å²) in [6.07, 6.45) is 9.15. The van der Waals surface area contributed by atoms with Crippen molar-refractivity contribution in [2.75, 3.05) is 0 Å². The van der Waals surface area contributed by atoms with Gasteiger partial charge >= 0.3 is 0 Å². The average molecular weight is 78.1 g/mol. The second kappa shape index (κ2) is 0.699. The lowest BCUT2D eigenvalue weighted by Crippen LogP contribution is -2.12. The van der Waals surface area contributed by atoms with Crippen molar-refractivity contribution in [2.24, 2.45) is 11.8 Å². The second-order valence-corrected chi connectivity index (χ2v) is 2.00. The van der Waals surface area contributed by atoms with Gasteiger partial charge in [0.1, 0.15) is 0 Å². The van der Waals surface area contributed by atoms with Gasteiger partial charge in [0.05, 0.1) is 0 Å². The third kappa shape index (κ3) is 0.173. The van der Waals surface area contributed by atoms with Crippen molar-refractivity contribution in [3.63, 3.8) is 0 Å². The Hall–Kier alpha value is -0.260. The molecular formula is C6H6. The molecule has 1 fully saturated rings. The standard InChI is InChI=1S/C6H6/c1-2-6-3-5(1)4-6/h1-2,5-6H,3H2. The molecule has 3 rings (SSSR count). The molecule has 0 heteroatoms. The van der Waals surface area contributed by atoms with Crippen LogP contribution >= 0.6 is 0 Å². The predicted octanol–water partition coefficient (Wildman–Crippen LogP) is 1.27. The fourth-order valence-electron chi connectivity index (χ4n) is 1.06. The van der Waals surface area contributed by atoms with Crippen molar-refractivity contribution in [1.29, 1.82) is 0 Å². The van der Waals surface area contributed by atoms with Crippen molar-refractivity contribution in [3.05, 3.63) is 18.6 Å². The van der Waals surface area contributed by atoms with E-state index in [1.807, 2.05) is 0 Å². The Balaban J connectivity index is 2.32. The Labute approximate surface area is 37.9 Å². The molecule has 0 N–H and O–H groups in total. The van der Waals surface area contributed by atoms with E-state index in [0.29, 0.717) is 0 Å². The van der Waals surface area contributed by atoms with E-state index in [1.54, 1.807) is 0 Å². The van der Waals surface area contributed by atoms with Crippen LogP contribution in [0.3, 0.4) is 0 Å². The third-order valence-corrected chi connectivity index (χ3v) is 1.51. The Morgan fingerprint density at radius 2 is 1.83 bits per heavy atom. The van der Waals surface area contributed by atoms with E-state index in [0.717, 1.165) is 11.8 Å². The fourth-order valence-corrected chi connectivity index (χ4v) is 1.06. The Kier molecular flexibility index (Phi) is 0.331. The first-order valence-electron chi connectivity index (χ1n) is 2.39. The molecule has 2 unspecified atom stereocenters. The van der Waals surface area contributed by atoms with Gasteiger partial charge in [-0.3, -0.25) is 0 Å². The van der Waals surface area contributed by atoms with E-state index in [1.165, 1.54) is 6.42 Å². The summed E-state index contributed by atoms with van der Waals surface area (Å²) in [6.45, 7) is 0. The fraction of sp³-hybridized carbons (Fsp3) is 0.500. The maximum atomic E-state index is 3.31. The van der Waals surface area contributed by atoms with Crippen LogP contribution in [-0.4, -0.2) is 0 Å². The maximum absolute atomic E-state index is 3.31. The van der Waals surface area contributed by atoms with Crippen LogP contribution in [0, 0.1) is 18.3 Å². The van der Waals surface area contributed by atoms with Gasteiger partial charge in [0.15, 0.2) is 0 Å². The molecule has 3 aliphatic rings. The lowest BCUT2D eigenvalue weighted by Gasteiger charge is -2.20. The first-order valence-corrected chi connectivity index (χ1v) is 2.39. The molecule has 0 aromatic heterocycles. The summed E-state index contributed by atoms with van der Waals surface area (Å²) < 4.78 is 0. The zero-order chi connectivity index (χ0) is 3.98. The molecule has 6 heavy (non-hydrogen) atoms. The van der Waals surface area contributed by atoms with Gasteiger partial charge in [0, 0.05) is 0 Å². The smallest absolute Gasteiger partial charge is 0.00241 e. The van der Waals surface area contributed by atoms with Crippen molar-refractivity contribution in [3.8, 4) is 0 Å². The first kappa shape index (κ1) is 2.84. The highest BCUT2D eigenvalue weighted by Crippen LogP contribution is 2.40. The van der Waals surface area contributed by atoms with Crippen LogP contribution in [0.1, 0.15) is 6.42 Å². The Morgan fingerprint density at radius 1 is 1.33 bits per heavy atom. The molecule has 0 amide bonds. The zero-order valence-corrected chi connectivity index (χ0v) is 3.52. The molecule has 3 aliphatic carbocycles. The molecule has 0 heterocycles. The summed E-state index contributed by atoms with van der Waals surface area (Å²) in [5.41, 5.74) is 0. The molecule has 0 aromatic rings. The molecular weight excluding hydrogens is 72.1 g/mol. The van der Waals surface area contributed by atoms with Crippen LogP contribution in [0.2, 0.25) is 0 Å². The number of hydrogen-bond donors (Lipinski definition) is 0. The molecule has 30 valence electrons. The van der Waals surface area contributed by atoms with E-state index in [2.05, 4.69) is 18.6 Å². The van der Waals surface area contributed by atoms with E-state index < -0.39 is 0 Å². The van der Waals surface area contributed by atoms with Gasteiger partial charge < -0.3 is 0 Å². The van der Waals surface area contributed by atoms with Crippen LogP contribution in [0.4, 0.5) is 0 Å². The van der Waals surface area contributed by atoms with Gasteiger partial charge in [-0.1, -0.05) is 12.2 Å². The molecule has 0 saturated heterocycles. The highest BCUT2D eigenvalue weighted by atomic mass is 14.3. The van der Waals surface area contributed by atoms with Gasteiger partial charge in [0.2, 0.25) is 0 Å². The van der Waals surface area contributed by atoms with Crippen LogP contribution in [0.5, 0.6) is 0 Å². The molecule has 0 nitrogen and oxygen atoms in total. The highest BCUT2D eigenvalue weighted by Gasteiger charge is 2.30. The minimum Gasteiger partial charge on any atom is -0.0845 e. The average Bonchev–Trinajstić information content (AvgIpc) is 1.72. The van der Waals surface area contributed by atoms with Crippen LogP contribution in [0.15, 0.2) is 12.2 Å². The van der Waals surface area contributed by atoms with Crippen molar-refractivity contribution < 1.29 is 0 Å². The van der Waals surface area contributed by atoms with Crippen molar-refractivity contribution in [2.45, 2.75) is 6.42 Å². The number of hydrogen-bond acceptors (Lipinski definition) is 0. The first-order chi connectivity index (χ1) is 2.95.